The lowest BCUT2D eigenvalue weighted by molar-refractivity contribution is 0.0655. The lowest BCUT2D eigenvalue weighted by Crippen LogP contribution is -2.36. The second-order valence-corrected chi connectivity index (χ2v) is 7.26. The maximum absolute atomic E-state index is 13.0. The molecule has 29 heavy (non-hydrogen) atoms. The number of fused-ring (bicyclic) bond motifs is 10. The first-order valence-electron chi connectivity index (χ1n) is 8.94. The number of aromatic amines is 1. The topological polar surface area (TPSA) is 125 Å². The van der Waals surface area contributed by atoms with E-state index in [-0.39, 0.29) is 22.6 Å². The van der Waals surface area contributed by atoms with Crippen LogP contribution in [-0.4, -0.2) is 36.6 Å². The summed E-state index contributed by atoms with van der Waals surface area (Å²) in [6, 6.07) is 10.0. The van der Waals surface area contributed by atoms with Crippen LogP contribution in [-0.2, 0) is 7.05 Å². The second-order valence-electron chi connectivity index (χ2n) is 7.26. The highest BCUT2D eigenvalue weighted by Gasteiger charge is 2.40. The fourth-order valence-electron chi connectivity index (χ4n) is 4.69. The van der Waals surface area contributed by atoms with E-state index in [1.165, 1.54) is 0 Å². The first kappa shape index (κ1) is 16.0. The van der Waals surface area contributed by atoms with E-state index in [4.69, 9.17) is 5.84 Å². The van der Waals surface area contributed by atoms with E-state index < -0.39 is 11.8 Å². The molecule has 0 saturated heterocycles. The van der Waals surface area contributed by atoms with Crippen LogP contribution in [0.4, 0.5) is 0 Å². The number of benzene rings is 3. The lowest BCUT2D eigenvalue weighted by atomic mass is 9.96. The van der Waals surface area contributed by atoms with Crippen LogP contribution in [0.25, 0.3) is 43.6 Å². The van der Waals surface area contributed by atoms with Gasteiger partial charge in [0.25, 0.3) is 11.8 Å². The summed E-state index contributed by atoms with van der Waals surface area (Å²) in [7, 11) is 1.78. The summed E-state index contributed by atoms with van der Waals surface area (Å²) in [5.41, 5.74) is 2.64. The van der Waals surface area contributed by atoms with E-state index in [2.05, 4.69) is 4.98 Å². The standard InChI is InChI=1S/C21H14N4O4/c1-24-18-9(5-3-7-11(18)27)13-15-14(20(28)25(22)21(15)29)12-8-4-2-6-10(26)16(8)23-17(12)19(13)24/h2-7,23,26-27H,22H2,1H3. The average Bonchev–Trinajstić information content (AvgIpc) is 3.29. The number of aryl methyl sites for hydroxylation is 1. The Bertz CT molecular complexity index is 1590. The molecule has 8 nitrogen and oxygen atoms in total. The molecule has 142 valence electrons. The molecule has 8 heteroatoms. The zero-order chi connectivity index (χ0) is 20.2. The highest BCUT2D eigenvalue weighted by molar-refractivity contribution is 6.39. The van der Waals surface area contributed by atoms with Crippen LogP contribution in [0, 0.1) is 0 Å². The molecule has 5 aromatic rings. The number of hydrogen-bond acceptors (Lipinski definition) is 5. The van der Waals surface area contributed by atoms with Crippen LogP contribution in [0.5, 0.6) is 11.5 Å². The number of nitrogens with zero attached hydrogens (tertiary/aromatic N) is 2. The quantitative estimate of drug-likeness (QED) is 0.185. The van der Waals surface area contributed by atoms with Gasteiger partial charge in [-0.1, -0.05) is 24.3 Å². The Hall–Kier alpha value is -4.04. The molecule has 0 atom stereocenters. The highest BCUT2D eigenvalue weighted by atomic mass is 16.3. The van der Waals surface area contributed by atoms with Crippen molar-refractivity contribution < 1.29 is 19.8 Å². The Morgan fingerprint density at radius 2 is 1.45 bits per heavy atom. The Morgan fingerprint density at radius 3 is 2.17 bits per heavy atom. The third-order valence-electron chi connectivity index (χ3n) is 5.86. The molecule has 1 aliphatic rings. The number of nitrogens with one attached hydrogen (secondary N) is 1. The van der Waals surface area contributed by atoms with Crippen molar-refractivity contribution in [2.24, 2.45) is 12.9 Å². The van der Waals surface area contributed by atoms with Crippen molar-refractivity contribution in [1.82, 2.24) is 14.6 Å². The Balaban J connectivity index is 2.05. The van der Waals surface area contributed by atoms with Crippen LogP contribution < -0.4 is 5.84 Å². The van der Waals surface area contributed by atoms with Crippen molar-refractivity contribution in [3.8, 4) is 11.5 Å². The molecule has 0 radical (unpaired) electrons. The highest BCUT2D eigenvalue weighted by Crippen LogP contribution is 2.46. The van der Waals surface area contributed by atoms with Crippen molar-refractivity contribution >= 4 is 55.4 Å². The number of aromatic hydroxyl groups is 2. The molecular formula is C21H14N4O4. The Labute approximate surface area is 162 Å². The molecule has 5 N–H and O–H groups in total. The zero-order valence-corrected chi connectivity index (χ0v) is 15.1. The van der Waals surface area contributed by atoms with Gasteiger partial charge in [-0.05, 0) is 12.1 Å². The van der Waals surface area contributed by atoms with Crippen LogP contribution in [0.1, 0.15) is 20.7 Å². The van der Waals surface area contributed by atoms with Crippen molar-refractivity contribution in [2.75, 3.05) is 0 Å². The molecule has 1 aliphatic heterocycles. The summed E-state index contributed by atoms with van der Waals surface area (Å²) in [6.45, 7) is 0. The number of phenols is 2. The normalized spacial score (nSPS) is 14.2. The average molecular weight is 386 g/mol. The number of aromatic nitrogens is 2. The Morgan fingerprint density at radius 1 is 0.828 bits per heavy atom. The molecule has 2 amide bonds. The third-order valence-corrected chi connectivity index (χ3v) is 5.86. The molecule has 0 spiro atoms. The van der Waals surface area contributed by atoms with Gasteiger partial charge in [-0.15, -0.1) is 0 Å². The first-order chi connectivity index (χ1) is 13.9. The number of nitrogens with two attached hydrogens (primary N) is 1. The Kier molecular flexibility index (Phi) is 2.68. The van der Waals surface area contributed by atoms with Crippen LogP contribution in [0.2, 0.25) is 0 Å². The first-order valence-corrected chi connectivity index (χ1v) is 8.94. The van der Waals surface area contributed by atoms with E-state index in [1.807, 2.05) is 0 Å². The van der Waals surface area contributed by atoms with Gasteiger partial charge >= 0.3 is 0 Å². The maximum Gasteiger partial charge on any atom is 0.276 e. The largest absolute Gasteiger partial charge is 0.506 e. The summed E-state index contributed by atoms with van der Waals surface area (Å²) >= 11 is 0. The van der Waals surface area contributed by atoms with Crippen molar-refractivity contribution in [3.63, 3.8) is 0 Å². The number of rotatable bonds is 0. The number of para-hydroxylation sites is 2. The fourth-order valence-corrected chi connectivity index (χ4v) is 4.69. The molecule has 0 fully saturated rings. The maximum atomic E-state index is 13.0. The number of hydrazine groups is 1. The van der Waals surface area contributed by atoms with E-state index in [1.54, 1.807) is 48.0 Å². The summed E-state index contributed by atoms with van der Waals surface area (Å²) in [5.74, 6) is 4.69. The SMILES string of the molecule is Cn1c2c(O)cccc2c2c3c(c4c5cccc(O)c5[nH]c4c21)C(=O)N(N)C3=O. The summed E-state index contributed by atoms with van der Waals surface area (Å²) in [6.07, 6.45) is 0. The minimum absolute atomic E-state index is 0.0311. The number of H-pyrrole nitrogens is 1. The fraction of sp³-hybridized carbons (Fsp3) is 0.0476. The van der Waals surface area contributed by atoms with Gasteiger partial charge in [0, 0.05) is 28.6 Å². The minimum Gasteiger partial charge on any atom is -0.506 e. The van der Waals surface area contributed by atoms with E-state index in [0.717, 1.165) is 0 Å². The summed E-state index contributed by atoms with van der Waals surface area (Å²) < 4.78 is 1.78. The monoisotopic (exact) mass is 386 g/mol. The molecule has 0 aliphatic carbocycles. The smallest absolute Gasteiger partial charge is 0.276 e. The van der Waals surface area contributed by atoms with Gasteiger partial charge < -0.3 is 19.8 Å². The third kappa shape index (κ3) is 1.64. The predicted molar refractivity (Wildman–Crippen MR) is 108 cm³/mol. The van der Waals surface area contributed by atoms with Gasteiger partial charge in [0.1, 0.15) is 11.5 Å². The number of phenolic OH excluding ortho intramolecular Hbond substituents is 2. The molecule has 6 rings (SSSR count). The molecule has 0 unspecified atom stereocenters. The molecule has 0 bridgehead atoms. The van der Waals surface area contributed by atoms with Gasteiger partial charge in [0.05, 0.1) is 33.2 Å². The van der Waals surface area contributed by atoms with Crippen LogP contribution in [0.15, 0.2) is 36.4 Å². The van der Waals surface area contributed by atoms with Crippen molar-refractivity contribution in [2.45, 2.75) is 0 Å². The van der Waals surface area contributed by atoms with Gasteiger partial charge in [0.2, 0.25) is 0 Å². The number of hydrogen-bond donors (Lipinski definition) is 4. The van der Waals surface area contributed by atoms with Crippen molar-refractivity contribution in [3.05, 3.63) is 47.5 Å². The van der Waals surface area contributed by atoms with Crippen LogP contribution >= 0.6 is 0 Å². The van der Waals surface area contributed by atoms with E-state index in [0.29, 0.717) is 48.6 Å². The summed E-state index contributed by atoms with van der Waals surface area (Å²) in [4.78, 5) is 29.1. The van der Waals surface area contributed by atoms with E-state index in [9.17, 15) is 19.8 Å². The number of carbonyl (C=O) groups excluding carboxylic acids is 2. The summed E-state index contributed by atoms with van der Waals surface area (Å²) in [5, 5.41) is 23.8. The zero-order valence-electron chi connectivity index (χ0n) is 15.1. The molecular weight excluding hydrogens is 372 g/mol. The number of amides is 2. The minimum atomic E-state index is -0.599. The molecule has 3 heterocycles. The molecule has 2 aromatic heterocycles. The van der Waals surface area contributed by atoms with E-state index >= 15 is 0 Å². The molecule has 3 aromatic carbocycles. The number of carbonyl (C=O) groups is 2. The van der Waals surface area contributed by atoms with Gasteiger partial charge in [-0.3, -0.25) is 9.59 Å². The predicted octanol–water partition coefficient (Wildman–Crippen LogP) is 2.85. The molecule has 0 saturated carbocycles. The van der Waals surface area contributed by atoms with Crippen LogP contribution in [0.3, 0.4) is 0 Å². The van der Waals surface area contributed by atoms with Crippen molar-refractivity contribution in [1.29, 1.82) is 0 Å². The number of imide groups is 1. The van der Waals surface area contributed by atoms with Gasteiger partial charge in [0.15, 0.2) is 0 Å². The lowest BCUT2D eigenvalue weighted by Gasteiger charge is -2.04. The second kappa shape index (κ2) is 4.86. The van der Waals surface area contributed by atoms with Gasteiger partial charge in [-0.25, -0.2) is 10.9 Å². The van der Waals surface area contributed by atoms with Gasteiger partial charge in [-0.2, -0.15) is 0 Å².